The predicted octanol–water partition coefficient (Wildman–Crippen LogP) is 1.75. The molecule has 3 rings (SSSR count). The Kier molecular flexibility index (Phi) is 3.61. The number of nitrogens with one attached hydrogen (secondary N) is 1. The normalized spacial score (nSPS) is 23.2. The molecule has 1 amide bonds. The van der Waals surface area contributed by atoms with Crippen molar-refractivity contribution in [2.45, 2.75) is 31.7 Å². The van der Waals surface area contributed by atoms with Crippen LogP contribution in [0.15, 0.2) is 11.7 Å². The van der Waals surface area contributed by atoms with E-state index in [-0.39, 0.29) is 5.91 Å². The molecule has 4 nitrogen and oxygen atoms in total. The number of rotatable bonds is 5. The van der Waals surface area contributed by atoms with Gasteiger partial charge < -0.3 is 10.2 Å². The summed E-state index contributed by atoms with van der Waals surface area (Å²) in [6.07, 6.45) is 6.68. The summed E-state index contributed by atoms with van der Waals surface area (Å²) in [5.41, 5.74) is 1.73. The Morgan fingerprint density at radius 1 is 1.44 bits per heavy atom. The van der Waals surface area contributed by atoms with Gasteiger partial charge in [0.25, 0.3) is 5.91 Å². The maximum absolute atomic E-state index is 12.4. The van der Waals surface area contributed by atoms with Crippen LogP contribution in [0.4, 0.5) is 0 Å². The molecule has 2 aliphatic rings. The Hall–Kier alpha value is -0.940. The molecule has 0 aromatic carbocycles. The van der Waals surface area contributed by atoms with Crippen LogP contribution in [0, 0.1) is 5.92 Å². The molecular formula is C13H19N3OS. The van der Waals surface area contributed by atoms with Gasteiger partial charge >= 0.3 is 0 Å². The fraction of sp³-hybridized carbons (Fsp3) is 0.692. The number of carbonyl (C=O) groups excluding carboxylic acids is 1. The molecule has 98 valence electrons. The van der Waals surface area contributed by atoms with Gasteiger partial charge in [-0.1, -0.05) is 0 Å². The van der Waals surface area contributed by atoms with Crippen molar-refractivity contribution in [2.75, 3.05) is 19.6 Å². The molecule has 1 N–H and O–H groups in total. The van der Waals surface area contributed by atoms with Gasteiger partial charge in [0, 0.05) is 19.1 Å². The Balaban J connectivity index is 1.65. The quantitative estimate of drug-likeness (QED) is 0.882. The van der Waals surface area contributed by atoms with E-state index in [9.17, 15) is 4.79 Å². The first-order valence-electron chi connectivity index (χ1n) is 6.74. The van der Waals surface area contributed by atoms with Crippen molar-refractivity contribution in [3.05, 3.63) is 16.6 Å². The highest BCUT2D eigenvalue weighted by Gasteiger charge is 2.29. The van der Waals surface area contributed by atoms with Crippen molar-refractivity contribution >= 4 is 17.2 Å². The molecule has 1 aliphatic carbocycles. The molecular weight excluding hydrogens is 246 g/mol. The minimum atomic E-state index is 0.165. The molecule has 18 heavy (non-hydrogen) atoms. The van der Waals surface area contributed by atoms with Gasteiger partial charge in [-0.15, -0.1) is 11.3 Å². The Labute approximate surface area is 111 Å². The Morgan fingerprint density at radius 3 is 2.94 bits per heavy atom. The van der Waals surface area contributed by atoms with Crippen LogP contribution in [-0.2, 0) is 0 Å². The molecule has 1 aromatic rings. The van der Waals surface area contributed by atoms with Gasteiger partial charge in [-0.3, -0.25) is 9.78 Å². The molecule has 0 bridgehead atoms. The highest BCUT2D eigenvalue weighted by Crippen LogP contribution is 2.30. The highest BCUT2D eigenvalue weighted by atomic mass is 32.1. The molecule has 5 heteroatoms. The van der Waals surface area contributed by atoms with Crippen LogP contribution in [0.1, 0.15) is 35.4 Å². The number of amides is 1. The Morgan fingerprint density at radius 2 is 2.33 bits per heavy atom. The topological polar surface area (TPSA) is 45.2 Å². The zero-order chi connectivity index (χ0) is 12.4. The second-order valence-electron chi connectivity index (χ2n) is 5.31. The van der Waals surface area contributed by atoms with Crippen molar-refractivity contribution in [1.29, 1.82) is 0 Å². The number of carbonyl (C=O) groups is 1. The second kappa shape index (κ2) is 5.36. The molecule has 1 atom stereocenters. The van der Waals surface area contributed by atoms with Crippen LogP contribution < -0.4 is 5.32 Å². The molecule has 1 saturated carbocycles. The van der Waals surface area contributed by atoms with E-state index < -0.39 is 0 Å². The minimum Gasteiger partial charge on any atom is -0.336 e. The standard InChI is InChI=1S/C13H19N3OS/c17-13(12-6-14-9-18-12)16(7-10-3-4-10)8-11-2-1-5-15-11/h6,9-11,15H,1-5,7-8H2. The van der Waals surface area contributed by atoms with E-state index in [0.717, 1.165) is 30.4 Å². The van der Waals surface area contributed by atoms with Crippen LogP contribution in [-0.4, -0.2) is 41.5 Å². The summed E-state index contributed by atoms with van der Waals surface area (Å²) in [6.45, 7) is 2.87. The fourth-order valence-corrected chi connectivity index (χ4v) is 3.10. The van der Waals surface area contributed by atoms with Gasteiger partial charge in [-0.05, 0) is 38.1 Å². The third-order valence-electron chi connectivity index (χ3n) is 3.71. The first kappa shape index (κ1) is 12.1. The maximum atomic E-state index is 12.4. The highest BCUT2D eigenvalue weighted by molar-refractivity contribution is 7.11. The zero-order valence-corrected chi connectivity index (χ0v) is 11.3. The second-order valence-corrected chi connectivity index (χ2v) is 6.20. The first-order valence-corrected chi connectivity index (χ1v) is 7.62. The molecule has 1 saturated heterocycles. The van der Waals surface area contributed by atoms with Crippen molar-refractivity contribution in [2.24, 2.45) is 5.92 Å². The lowest BCUT2D eigenvalue weighted by Crippen LogP contribution is -2.42. The smallest absolute Gasteiger partial charge is 0.265 e. The van der Waals surface area contributed by atoms with Crippen molar-refractivity contribution < 1.29 is 4.79 Å². The lowest BCUT2D eigenvalue weighted by atomic mass is 10.2. The van der Waals surface area contributed by atoms with E-state index in [1.54, 1.807) is 11.7 Å². The molecule has 1 aromatic heterocycles. The molecule has 0 radical (unpaired) electrons. The van der Waals surface area contributed by atoms with E-state index in [0.29, 0.717) is 6.04 Å². The molecule has 1 aliphatic heterocycles. The maximum Gasteiger partial charge on any atom is 0.265 e. The average molecular weight is 265 g/mol. The molecule has 2 heterocycles. The number of hydrogen-bond acceptors (Lipinski definition) is 4. The number of nitrogens with zero attached hydrogens (tertiary/aromatic N) is 2. The third kappa shape index (κ3) is 2.90. The summed E-state index contributed by atoms with van der Waals surface area (Å²) in [5, 5.41) is 3.47. The number of thiazole rings is 1. The summed E-state index contributed by atoms with van der Waals surface area (Å²) >= 11 is 1.44. The van der Waals surface area contributed by atoms with E-state index >= 15 is 0 Å². The Bertz CT molecular complexity index is 396. The SMILES string of the molecule is O=C(c1cncs1)N(CC1CC1)CC1CCCN1. The van der Waals surface area contributed by atoms with Crippen molar-refractivity contribution in [3.8, 4) is 0 Å². The van der Waals surface area contributed by atoms with Gasteiger partial charge in [-0.25, -0.2) is 0 Å². The summed E-state index contributed by atoms with van der Waals surface area (Å²) in [4.78, 5) is 19.2. The van der Waals surface area contributed by atoms with Gasteiger partial charge in [0.05, 0.1) is 11.7 Å². The van der Waals surface area contributed by atoms with E-state index in [1.165, 1.54) is 37.0 Å². The predicted molar refractivity (Wildman–Crippen MR) is 71.8 cm³/mol. The van der Waals surface area contributed by atoms with Gasteiger partial charge in [-0.2, -0.15) is 0 Å². The molecule has 1 unspecified atom stereocenters. The van der Waals surface area contributed by atoms with E-state index in [4.69, 9.17) is 0 Å². The minimum absolute atomic E-state index is 0.165. The summed E-state index contributed by atoms with van der Waals surface area (Å²) in [7, 11) is 0. The van der Waals surface area contributed by atoms with Crippen molar-refractivity contribution in [1.82, 2.24) is 15.2 Å². The fourth-order valence-electron chi connectivity index (χ4n) is 2.51. The first-order chi connectivity index (χ1) is 8.83. The number of hydrogen-bond donors (Lipinski definition) is 1. The average Bonchev–Trinajstić information content (AvgIpc) is 2.88. The summed E-state index contributed by atoms with van der Waals surface area (Å²) < 4.78 is 0. The van der Waals surface area contributed by atoms with Gasteiger partial charge in [0.1, 0.15) is 4.88 Å². The van der Waals surface area contributed by atoms with Crippen LogP contribution in [0.3, 0.4) is 0 Å². The van der Waals surface area contributed by atoms with Crippen molar-refractivity contribution in [3.63, 3.8) is 0 Å². The largest absolute Gasteiger partial charge is 0.336 e. The molecule has 2 fully saturated rings. The monoisotopic (exact) mass is 265 g/mol. The lowest BCUT2D eigenvalue weighted by Gasteiger charge is -2.25. The van der Waals surface area contributed by atoms with E-state index in [2.05, 4.69) is 10.3 Å². The molecule has 0 spiro atoms. The van der Waals surface area contributed by atoms with Gasteiger partial charge in [0.15, 0.2) is 0 Å². The third-order valence-corrected chi connectivity index (χ3v) is 4.47. The van der Waals surface area contributed by atoms with Crippen LogP contribution >= 0.6 is 11.3 Å². The van der Waals surface area contributed by atoms with Crippen LogP contribution in [0.2, 0.25) is 0 Å². The van der Waals surface area contributed by atoms with Crippen LogP contribution in [0.5, 0.6) is 0 Å². The van der Waals surface area contributed by atoms with Crippen LogP contribution in [0.25, 0.3) is 0 Å². The lowest BCUT2D eigenvalue weighted by molar-refractivity contribution is 0.0738. The summed E-state index contributed by atoms with van der Waals surface area (Å²) in [6, 6.07) is 0.487. The van der Waals surface area contributed by atoms with Gasteiger partial charge in [0.2, 0.25) is 0 Å². The van der Waals surface area contributed by atoms with E-state index in [1.807, 2.05) is 4.90 Å². The summed E-state index contributed by atoms with van der Waals surface area (Å²) in [5.74, 6) is 0.904. The number of aromatic nitrogens is 1. The zero-order valence-electron chi connectivity index (χ0n) is 10.5.